The van der Waals surface area contributed by atoms with Crippen molar-refractivity contribution < 1.29 is 14.4 Å². The molecule has 0 aliphatic rings. The topological polar surface area (TPSA) is 46.6 Å². The molecule has 1 aromatic rings. The van der Waals surface area contributed by atoms with Gasteiger partial charge in [-0.3, -0.25) is 4.79 Å². The third-order valence-electron chi connectivity index (χ3n) is 1.49. The summed E-state index contributed by atoms with van der Waals surface area (Å²) in [6, 6.07) is 8.29. The number of hydrogen-bond donors (Lipinski definition) is 0. The van der Waals surface area contributed by atoms with Crippen molar-refractivity contribution in [2.75, 3.05) is 14.1 Å². The molecule has 0 radical (unpaired) electrons. The molecule has 0 aliphatic heterocycles. The summed E-state index contributed by atoms with van der Waals surface area (Å²) >= 11 is 0. The lowest BCUT2D eigenvalue weighted by molar-refractivity contribution is -0.171. The highest BCUT2D eigenvalue weighted by Crippen LogP contribution is 2.01. The molecule has 4 nitrogen and oxygen atoms in total. The molecule has 4 heteroatoms. The van der Waals surface area contributed by atoms with E-state index in [4.69, 9.17) is 0 Å². The Bertz CT molecular complexity index is 332. The number of hydrogen-bond acceptors (Lipinski definition) is 4. The zero-order valence-electron chi connectivity index (χ0n) is 8.06. The number of ketones is 1. The van der Waals surface area contributed by atoms with Gasteiger partial charge in [0.15, 0.2) is 0 Å². The lowest BCUT2D eigenvalue weighted by Crippen LogP contribution is -2.25. The average Bonchev–Trinajstić information content (AvgIpc) is 2.17. The van der Waals surface area contributed by atoms with Gasteiger partial charge in [-0.25, -0.2) is 4.79 Å². The molecule has 0 fully saturated rings. The van der Waals surface area contributed by atoms with Crippen LogP contribution in [0.3, 0.4) is 0 Å². The summed E-state index contributed by atoms with van der Waals surface area (Å²) in [5.74, 6) is -1.51. The van der Waals surface area contributed by atoms with Gasteiger partial charge < -0.3 is 4.84 Å². The number of rotatable bonds is 3. The Morgan fingerprint density at radius 3 is 2.21 bits per heavy atom. The number of nitrogens with zero attached hydrogens (tertiary/aromatic N) is 1. The molecule has 1 rings (SSSR count). The van der Waals surface area contributed by atoms with Crippen molar-refractivity contribution >= 4 is 11.8 Å². The predicted octanol–water partition coefficient (Wildman–Crippen LogP) is 0.889. The molecule has 0 unspecified atom stereocenters. The molecule has 1 aromatic carbocycles. The molecular weight excluding hydrogens is 182 g/mol. The highest BCUT2D eigenvalue weighted by molar-refractivity contribution is 6.40. The highest BCUT2D eigenvalue weighted by atomic mass is 16.7. The zero-order chi connectivity index (χ0) is 10.6. The maximum atomic E-state index is 11.4. The van der Waals surface area contributed by atoms with Gasteiger partial charge in [-0.2, -0.15) is 0 Å². The van der Waals surface area contributed by atoms with E-state index in [-0.39, 0.29) is 0 Å². The number of hydroxylamine groups is 2. The summed E-state index contributed by atoms with van der Waals surface area (Å²) in [6.07, 6.45) is 0. The summed E-state index contributed by atoms with van der Waals surface area (Å²) in [6.45, 7) is 0. The van der Waals surface area contributed by atoms with E-state index in [9.17, 15) is 9.59 Å². The second-order valence-corrected chi connectivity index (χ2v) is 2.89. The van der Waals surface area contributed by atoms with Crippen LogP contribution in [0, 0.1) is 0 Å². The van der Waals surface area contributed by atoms with Crippen LogP contribution in [-0.4, -0.2) is 30.9 Å². The van der Waals surface area contributed by atoms with E-state index >= 15 is 0 Å². The molecule has 0 aromatic heterocycles. The summed E-state index contributed by atoms with van der Waals surface area (Å²) in [5, 5.41) is 1.18. The summed E-state index contributed by atoms with van der Waals surface area (Å²) in [5.41, 5.74) is 0.333. The third kappa shape index (κ3) is 2.67. The first-order valence-electron chi connectivity index (χ1n) is 4.10. The average molecular weight is 193 g/mol. The van der Waals surface area contributed by atoms with Gasteiger partial charge in [0.1, 0.15) is 0 Å². The van der Waals surface area contributed by atoms with Crippen molar-refractivity contribution in [2.45, 2.75) is 0 Å². The molecule has 0 heterocycles. The number of Topliss-reactive ketones (excluding diaryl/α,β-unsaturated/α-hetero) is 1. The summed E-state index contributed by atoms with van der Waals surface area (Å²) < 4.78 is 0. The highest BCUT2D eigenvalue weighted by Gasteiger charge is 2.18. The molecule has 0 atom stereocenters. The number of carbonyl (C=O) groups is 2. The minimum atomic E-state index is -0.874. The first-order chi connectivity index (χ1) is 6.61. The molecule has 14 heavy (non-hydrogen) atoms. The molecule has 0 saturated carbocycles. The first-order valence-corrected chi connectivity index (χ1v) is 4.10. The van der Waals surface area contributed by atoms with Crippen molar-refractivity contribution in [2.24, 2.45) is 0 Å². The minimum absolute atomic E-state index is 0.333. The molecule has 0 spiro atoms. The molecule has 0 bridgehead atoms. The molecule has 0 aliphatic carbocycles. The largest absolute Gasteiger partial charge is 0.398 e. The van der Waals surface area contributed by atoms with Crippen molar-refractivity contribution in [3.8, 4) is 0 Å². The van der Waals surface area contributed by atoms with Gasteiger partial charge in [0, 0.05) is 19.7 Å². The SMILES string of the molecule is CN(C)OC(=O)C(=O)c1ccccc1. The van der Waals surface area contributed by atoms with Crippen LogP contribution in [0.25, 0.3) is 0 Å². The zero-order valence-corrected chi connectivity index (χ0v) is 8.06. The fourth-order valence-electron chi connectivity index (χ4n) is 0.915. The van der Waals surface area contributed by atoms with E-state index in [1.54, 1.807) is 30.3 Å². The number of benzene rings is 1. The maximum Gasteiger partial charge on any atom is 0.398 e. The van der Waals surface area contributed by atoms with Crippen LogP contribution >= 0.6 is 0 Å². The van der Waals surface area contributed by atoms with Gasteiger partial charge in [-0.05, 0) is 0 Å². The van der Waals surface area contributed by atoms with Gasteiger partial charge in [0.2, 0.25) is 0 Å². The van der Waals surface area contributed by atoms with Gasteiger partial charge in [0.25, 0.3) is 5.78 Å². The van der Waals surface area contributed by atoms with Crippen molar-refractivity contribution in [3.05, 3.63) is 35.9 Å². The van der Waals surface area contributed by atoms with Crippen LogP contribution in [-0.2, 0) is 9.63 Å². The number of carbonyl (C=O) groups excluding carboxylic acids is 2. The lowest BCUT2D eigenvalue weighted by atomic mass is 10.1. The Balaban J connectivity index is 2.72. The Hall–Kier alpha value is -1.68. The van der Waals surface area contributed by atoms with Crippen LogP contribution in [0.5, 0.6) is 0 Å². The van der Waals surface area contributed by atoms with Crippen LogP contribution < -0.4 is 0 Å². The van der Waals surface area contributed by atoms with Crippen molar-refractivity contribution in [3.63, 3.8) is 0 Å². The maximum absolute atomic E-state index is 11.4. The molecule has 0 saturated heterocycles. The minimum Gasteiger partial charge on any atom is -0.362 e. The lowest BCUT2D eigenvalue weighted by Gasteiger charge is -2.08. The fourth-order valence-corrected chi connectivity index (χ4v) is 0.915. The van der Waals surface area contributed by atoms with Crippen molar-refractivity contribution in [1.29, 1.82) is 0 Å². The van der Waals surface area contributed by atoms with Crippen LogP contribution in [0.1, 0.15) is 10.4 Å². The molecule has 0 N–H and O–H groups in total. The van der Waals surface area contributed by atoms with E-state index in [1.165, 1.54) is 19.2 Å². The van der Waals surface area contributed by atoms with E-state index in [1.807, 2.05) is 0 Å². The van der Waals surface area contributed by atoms with Gasteiger partial charge in [-0.15, -0.1) is 5.06 Å². The van der Waals surface area contributed by atoms with E-state index in [0.717, 1.165) is 0 Å². The molecular formula is C10H11NO3. The Morgan fingerprint density at radius 1 is 1.14 bits per heavy atom. The Labute approximate surface area is 82.0 Å². The first kappa shape index (κ1) is 10.4. The molecule has 0 amide bonds. The standard InChI is InChI=1S/C10H11NO3/c1-11(2)14-10(13)9(12)8-6-4-3-5-7-8/h3-7H,1-2H3. The third-order valence-corrected chi connectivity index (χ3v) is 1.49. The van der Waals surface area contributed by atoms with E-state index < -0.39 is 11.8 Å². The van der Waals surface area contributed by atoms with Crippen LogP contribution in [0.15, 0.2) is 30.3 Å². The van der Waals surface area contributed by atoms with Crippen LogP contribution in [0.4, 0.5) is 0 Å². The normalized spacial score (nSPS) is 9.93. The Morgan fingerprint density at radius 2 is 1.71 bits per heavy atom. The van der Waals surface area contributed by atoms with Crippen molar-refractivity contribution in [1.82, 2.24) is 5.06 Å². The summed E-state index contributed by atoms with van der Waals surface area (Å²) in [7, 11) is 3.08. The summed E-state index contributed by atoms with van der Waals surface area (Å²) in [4.78, 5) is 27.1. The Kier molecular flexibility index (Phi) is 3.36. The van der Waals surface area contributed by atoms with Gasteiger partial charge in [-0.1, -0.05) is 30.3 Å². The van der Waals surface area contributed by atoms with Gasteiger partial charge >= 0.3 is 5.97 Å². The smallest absolute Gasteiger partial charge is 0.362 e. The van der Waals surface area contributed by atoms with E-state index in [2.05, 4.69) is 4.84 Å². The van der Waals surface area contributed by atoms with E-state index in [0.29, 0.717) is 5.56 Å². The quantitative estimate of drug-likeness (QED) is 0.406. The fraction of sp³-hybridized carbons (Fsp3) is 0.200. The van der Waals surface area contributed by atoms with Gasteiger partial charge in [0.05, 0.1) is 0 Å². The predicted molar refractivity (Wildman–Crippen MR) is 50.6 cm³/mol. The molecule has 74 valence electrons. The second-order valence-electron chi connectivity index (χ2n) is 2.89. The monoisotopic (exact) mass is 193 g/mol. The second kappa shape index (κ2) is 4.53. The van der Waals surface area contributed by atoms with Crippen LogP contribution in [0.2, 0.25) is 0 Å².